The summed E-state index contributed by atoms with van der Waals surface area (Å²) in [6.45, 7) is 3.47. The van der Waals surface area contributed by atoms with Crippen molar-refractivity contribution in [2.75, 3.05) is 13.1 Å². The van der Waals surface area contributed by atoms with Crippen LogP contribution in [0.5, 0.6) is 0 Å². The Morgan fingerprint density at radius 2 is 1.92 bits per heavy atom. The first-order valence-corrected chi connectivity index (χ1v) is 8.90. The lowest BCUT2D eigenvalue weighted by atomic mass is 10.1. The molecule has 0 radical (unpaired) electrons. The molecule has 3 rings (SSSR count). The van der Waals surface area contributed by atoms with Crippen LogP contribution < -0.4 is 5.56 Å². The summed E-state index contributed by atoms with van der Waals surface area (Å²) in [7, 11) is 0. The van der Waals surface area contributed by atoms with Gasteiger partial charge < -0.3 is 14.8 Å². The molecule has 0 bridgehead atoms. The number of H-pyrrole nitrogens is 1. The van der Waals surface area contributed by atoms with Crippen molar-refractivity contribution in [1.82, 2.24) is 14.8 Å². The number of amides is 2. The first-order chi connectivity index (χ1) is 12.6. The summed E-state index contributed by atoms with van der Waals surface area (Å²) in [5.74, 6) is -0.0912. The Labute approximate surface area is 152 Å². The Balaban J connectivity index is 1.78. The number of pyridine rings is 1. The highest BCUT2D eigenvalue weighted by atomic mass is 16.2. The van der Waals surface area contributed by atoms with Crippen molar-refractivity contribution >= 4 is 11.8 Å². The molecule has 1 aromatic carbocycles. The van der Waals surface area contributed by atoms with Gasteiger partial charge in [-0.25, -0.2) is 0 Å². The zero-order valence-electron chi connectivity index (χ0n) is 14.9. The van der Waals surface area contributed by atoms with Crippen LogP contribution in [0.1, 0.15) is 35.7 Å². The van der Waals surface area contributed by atoms with E-state index in [1.165, 1.54) is 18.3 Å². The SMILES string of the molecule is CC[C@@H]1CN(C(=O)c2ccc(=O)[nH]c2)CCC(=O)N1Cc1ccccc1. The molecule has 1 aliphatic heterocycles. The summed E-state index contributed by atoms with van der Waals surface area (Å²) < 4.78 is 0. The van der Waals surface area contributed by atoms with Crippen LogP contribution >= 0.6 is 0 Å². The van der Waals surface area contributed by atoms with E-state index >= 15 is 0 Å². The third kappa shape index (κ3) is 4.02. The fraction of sp³-hybridized carbons (Fsp3) is 0.350. The predicted molar refractivity (Wildman–Crippen MR) is 98.7 cm³/mol. The van der Waals surface area contributed by atoms with Crippen molar-refractivity contribution in [2.45, 2.75) is 32.4 Å². The number of aromatic nitrogens is 1. The molecule has 26 heavy (non-hydrogen) atoms. The molecule has 0 spiro atoms. The molecule has 1 aromatic heterocycles. The van der Waals surface area contributed by atoms with E-state index in [4.69, 9.17) is 0 Å². The Kier molecular flexibility index (Phi) is 5.51. The molecule has 0 unspecified atom stereocenters. The second-order valence-electron chi connectivity index (χ2n) is 6.51. The molecule has 1 atom stereocenters. The maximum absolute atomic E-state index is 12.8. The van der Waals surface area contributed by atoms with Gasteiger partial charge in [-0.15, -0.1) is 0 Å². The number of benzene rings is 1. The van der Waals surface area contributed by atoms with Gasteiger partial charge in [-0.05, 0) is 18.1 Å². The maximum atomic E-state index is 12.8. The van der Waals surface area contributed by atoms with Crippen LogP contribution in [0.15, 0.2) is 53.5 Å². The summed E-state index contributed by atoms with van der Waals surface area (Å²) in [6, 6.07) is 12.7. The number of carbonyl (C=O) groups is 2. The van der Waals surface area contributed by atoms with Crippen molar-refractivity contribution in [3.05, 3.63) is 70.1 Å². The molecule has 1 fully saturated rings. The Hall–Kier alpha value is -2.89. The van der Waals surface area contributed by atoms with Crippen LogP contribution in [0.4, 0.5) is 0 Å². The number of nitrogens with one attached hydrogen (secondary N) is 1. The smallest absolute Gasteiger partial charge is 0.255 e. The molecule has 0 aliphatic carbocycles. The second-order valence-corrected chi connectivity index (χ2v) is 6.51. The van der Waals surface area contributed by atoms with Crippen molar-refractivity contribution < 1.29 is 9.59 Å². The van der Waals surface area contributed by atoms with Crippen LogP contribution in [0.25, 0.3) is 0 Å². The fourth-order valence-electron chi connectivity index (χ4n) is 3.28. The average molecular weight is 353 g/mol. The van der Waals surface area contributed by atoms with Gasteiger partial charge in [0.2, 0.25) is 11.5 Å². The van der Waals surface area contributed by atoms with Crippen molar-refractivity contribution in [3.8, 4) is 0 Å². The van der Waals surface area contributed by atoms with E-state index in [0.717, 1.165) is 12.0 Å². The molecule has 1 aliphatic rings. The molecular formula is C20H23N3O3. The molecule has 2 heterocycles. The average Bonchev–Trinajstić information content (AvgIpc) is 2.82. The lowest BCUT2D eigenvalue weighted by molar-refractivity contribution is -0.133. The van der Waals surface area contributed by atoms with Crippen LogP contribution in [0.2, 0.25) is 0 Å². The van der Waals surface area contributed by atoms with Crippen LogP contribution in [0, 0.1) is 0 Å². The monoisotopic (exact) mass is 353 g/mol. The zero-order chi connectivity index (χ0) is 18.5. The van der Waals surface area contributed by atoms with E-state index in [0.29, 0.717) is 31.6 Å². The molecule has 6 heteroatoms. The molecule has 1 saturated heterocycles. The summed E-state index contributed by atoms with van der Waals surface area (Å²) in [4.78, 5) is 42.8. The Morgan fingerprint density at radius 3 is 2.58 bits per heavy atom. The van der Waals surface area contributed by atoms with E-state index < -0.39 is 0 Å². The summed E-state index contributed by atoms with van der Waals surface area (Å²) in [6.07, 6.45) is 2.51. The number of aromatic amines is 1. The lowest BCUT2D eigenvalue weighted by Crippen LogP contribution is -2.43. The van der Waals surface area contributed by atoms with Crippen molar-refractivity contribution in [2.24, 2.45) is 0 Å². The molecule has 0 saturated carbocycles. The lowest BCUT2D eigenvalue weighted by Gasteiger charge is -2.31. The quantitative estimate of drug-likeness (QED) is 0.914. The van der Waals surface area contributed by atoms with Crippen molar-refractivity contribution in [1.29, 1.82) is 0 Å². The number of rotatable bonds is 4. The highest BCUT2D eigenvalue weighted by Crippen LogP contribution is 2.19. The maximum Gasteiger partial charge on any atom is 0.255 e. The minimum absolute atomic E-state index is 0.0306. The van der Waals surface area contributed by atoms with Gasteiger partial charge in [0.25, 0.3) is 5.91 Å². The normalized spacial score (nSPS) is 17.9. The Morgan fingerprint density at radius 1 is 1.15 bits per heavy atom. The van der Waals surface area contributed by atoms with Gasteiger partial charge in [0.1, 0.15) is 0 Å². The van der Waals surface area contributed by atoms with Gasteiger partial charge in [-0.2, -0.15) is 0 Å². The minimum Gasteiger partial charge on any atom is -0.336 e. The van der Waals surface area contributed by atoms with E-state index in [2.05, 4.69) is 4.98 Å². The van der Waals surface area contributed by atoms with Gasteiger partial charge in [0.05, 0.1) is 5.56 Å². The van der Waals surface area contributed by atoms with Gasteiger partial charge in [-0.3, -0.25) is 14.4 Å². The molecule has 2 aromatic rings. The number of nitrogens with zero attached hydrogens (tertiary/aromatic N) is 2. The zero-order valence-corrected chi connectivity index (χ0v) is 14.9. The fourth-order valence-corrected chi connectivity index (χ4v) is 3.28. The predicted octanol–water partition coefficient (Wildman–Crippen LogP) is 2.03. The molecular weight excluding hydrogens is 330 g/mol. The van der Waals surface area contributed by atoms with Gasteiger partial charge in [0.15, 0.2) is 0 Å². The number of carbonyl (C=O) groups excluding carboxylic acids is 2. The summed E-state index contributed by atoms with van der Waals surface area (Å²) in [5.41, 5.74) is 1.27. The van der Waals surface area contributed by atoms with Crippen LogP contribution in [0.3, 0.4) is 0 Å². The second kappa shape index (κ2) is 7.99. The first-order valence-electron chi connectivity index (χ1n) is 8.90. The first kappa shape index (κ1) is 17.9. The van der Waals surface area contributed by atoms with Gasteiger partial charge in [-0.1, -0.05) is 37.3 Å². The van der Waals surface area contributed by atoms with E-state index in [1.807, 2.05) is 42.2 Å². The highest BCUT2D eigenvalue weighted by molar-refractivity contribution is 5.94. The van der Waals surface area contributed by atoms with E-state index in [-0.39, 0.29) is 23.4 Å². The summed E-state index contributed by atoms with van der Waals surface area (Å²) >= 11 is 0. The third-order valence-electron chi connectivity index (χ3n) is 4.77. The largest absolute Gasteiger partial charge is 0.336 e. The third-order valence-corrected chi connectivity index (χ3v) is 4.77. The molecule has 1 N–H and O–H groups in total. The summed E-state index contributed by atoms with van der Waals surface area (Å²) in [5, 5.41) is 0. The standard InChI is InChI=1S/C20H23N3O3/c1-2-17-14-22(20(26)16-8-9-18(24)21-12-16)11-10-19(25)23(17)13-15-6-4-3-5-7-15/h3-9,12,17H,2,10-11,13-14H2,1H3,(H,21,24)/t17-/m1/s1. The molecule has 2 amide bonds. The molecule has 136 valence electrons. The number of hydrogen-bond donors (Lipinski definition) is 1. The molecule has 6 nitrogen and oxygen atoms in total. The highest BCUT2D eigenvalue weighted by Gasteiger charge is 2.31. The van der Waals surface area contributed by atoms with Crippen LogP contribution in [-0.4, -0.2) is 45.7 Å². The minimum atomic E-state index is -0.243. The number of hydrogen-bond acceptors (Lipinski definition) is 3. The van der Waals surface area contributed by atoms with E-state index in [1.54, 1.807) is 4.90 Å². The van der Waals surface area contributed by atoms with Gasteiger partial charge in [0, 0.05) is 44.4 Å². The van der Waals surface area contributed by atoms with Crippen molar-refractivity contribution in [3.63, 3.8) is 0 Å². The van der Waals surface area contributed by atoms with Crippen LogP contribution in [-0.2, 0) is 11.3 Å². The van der Waals surface area contributed by atoms with Gasteiger partial charge >= 0.3 is 0 Å². The Bertz CT molecular complexity index is 811. The topological polar surface area (TPSA) is 73.5 Å². The van der Waals surface area contributed by atoms with E-state index in [9.17, 15) is 14.4 Å².